The van der Waals surface area contributed by atoms with Crippen molar-refractivity contribution >= 4 is 11.7 Å². The molecule has 3 aliphatic heterocycles. The van der Waals surface area contributed by atoms with Crippen molar-refractivity contribution in [2.24, 2.45) is 0 Å². The molecule has 0 unspecified atom stereocenters. The molecule has 3 saturated heterocycles. The highest BCUT2D eigenvalue weighted by Crippen LogP contribution is 2.22. The number of morpholine rings is 1. The number of urea groups is 1. The lowest BCUT2D eigenvalue weighted by Gasteiger charge is -2.49. The van der Waals surface area contributed by atoms with Crippen LogP contribution in [0.15, 0.2) is 24.3 Å². The van der Waals surface area contributed by atoms with E-state index in [0.717, 1.165) is 45.0 Å². The molecule has 0 bridgehead atoms. The van der Waals surface area contributed by atoms with Crippen molar-refractivity contribution in [2.45, 2.75) is 6.04 Å². The van der Waals surface area contributed by atoms with Crippen LogP contribution in [-0.2, 0) is 4.74 Å². The van der Waals surface area contributed by atoms with Crippen LogP contribution in [-0.4, -0.2) is 92.3 Å². The summed E-state index contributed by atoms with van der Waals surface area (Å²) in [5, 5.41) is 0. The van der Waals surface area contributed by atoms with Gasteiger partial charge in [0, 0.05) is 64.1 Å². The van der Waals surface area contributed by atoms with Gasteiger partial charge in [0.2, 0.25) is 0 Å². The van der Waals surface area contributed by atoms with E-state index in [1.807, 2.05) is 21.9 Å². The molecule has 3 heterocycles. The average Bonchev–Trinajstić information content (AvgIpc) is 2.62. The largest absolute Gasteiger partial charge is 0.378 e. The number of piperazine rings is 1. The first-order valence-electron chi connectivity index (χ1n) is 9.07. The van der Waals surface area contributed by atoms with Gasteiger partial charge in [-0.1, -0.05) is 0 Å². The number of hydrogen-bond donors (Lipinski definition) is 0. The van der Waals surface area contributed by atoms with Gasteiger partial charge in [-0.2, -0.15) is 0 Å². The fourth-order valence-electron chi connectivity index (χ4n) is 3.79. The molecule has 3 aliphatic rings. The molecular formula is C18H25FN4O2. The Hall–Kier alpha value is -1.86. The van der Waals surface area contributed by atoms with Crippen LogP contribution in [0.2, 0.25) is 0 Å². The lowest BCUT2D eigenvalue weighted by Crippen LogP contribution is -2.66. The van der Waals surface area contributed by atoms with Crippen molar-refractivity contribution in [3.63, 3.8) is 0 Å². The molecule has 7 heteroatoms. The molecule has 3 fully saturated rings. The molecular weight excluding hydrogens is 323 g/mol. The van der Waals surface area contributed by atoms with Gasteiger partial charge in [0.15, 0.2) is 0 Å². The van der Waals surface area contributed by atoms with Crippen molar-refractivity contribution in [3.8, 4) is 0 Å². The first kappa shape index (κ1) is 16.6. The van der Waals surface area contributed by atoms with Crippen LogP contribution in [0.1, 0.15) is 0 Å². The quantitative estimate of drug-likeness (QED) is 0.802. The third-order valence-corrected chi connectivity index (χ3v) is 5.44. The van der Waals surface area contributed by atoms with Crippen LogP contribution < -0.4 is 4.90 Å². The summed E-state index contributed by atoms with van der Waals surface area (Å²) < 4.78 is 18.3. The van der Waals surface area contributed by atoms with Gasteiger partial charge in [-0.05, 0) is 24.3 Å². The van der Waals surface area contributed by atoms with Crippen molar-refractivity contribution < 1.29 is 13.9 Å². The minimum absolute atomic E-state index is 0.157. The lowest BCUT2D eigenvalue weighted by atomic mass is 10.1. The molecule has 25 heavy (non-hydrogen) atoms. The number of benzene rings is 1. The van der Waals surface area contributed by atoms with Gasteiger partial charge in [0.25, 0.3) is 0 Å². The fourth-order valence-corrected chi connectivity index (χ4v) is 3.79. The minimum Gasteiger partial charge on any atom is -0.378 e. The summed E-state index contributed by atoms with van der Waals surface area (Å²) in [6.07, 6.45) is 0. The van der Waals surface area contributed by atoms with E-state index < -0.39 is 0 Å². The molecule has 4 rings (SSSR count). The standard InChI is InChI=1S/C18H25FN4O2/c19-15-1-3-16(4-2-15)20-5-7-21(8-6-20)17-13-23(14-17)18(24)22-9-11-25-12-10-22/h1-4,17H,5-14H2. The van der Waals surface area contributed by atoms with Crippen LogP contribution >= 0.6 is 0 Å². The first-order valence-corrected chi connectivity index (χ1v) is 9.07. The Morgan fingerprint density at radius 3 is 2.20 bits per heavy atom. The van der Waals surface area contributed by atoms with Crippen LogP contribution in [0.25, 0.3) is 0 Å². The topological polar surface area (TPSA) is 39.3 Å². The normalized spacial score (nSPS) is 22.8. The third kappa shape index (κ3) is 3.57. The molecule has 1 aromatic carbocycles. The molecule has 0 N–H and O–H groups in total. The van der Waals surface area contributed by atoms with Gasteiger partial charge in [0.1, 0.15) is 5.82 Å². The van der Waals surface area contributed by atoms with Crippen LogP contribution in [0, 0.1) is 5.82 Å². The maximum Gasteiger partial charge on any atom is 0.320 e. The maximum absolute atomic E-state index is 13.0. The van der Waals surface area contributed by atoms with E-state index in [0.29, 0.717) is 32.3 Å². The number of rotatable bonds is 2. The zero-order valence-electron chi connectivity index (χ0n) is 14.4. The number of likely N-dealkylation sites (tertiary alicyclic amines) is 1. The van der Waals surface area contributed by atoms with E-state index >= 15 is 0 Å². The summed E-state index contributed by atoms with van der Waals surface area (Å²) in [4.78, 5) is 21.0. The van der Waals surface area contributed by atoms with Gasteiger partial charge >= 0.3 is 6.03 Å². The van der Waals surface area contributed by atoms with E-state index in [-0.39, 0.29) is 11.8 Å². The van der Waals surface area contributed by atoms with Gasteiger partial charge in [0.05, 0.1) is 13.2 Å². The molecule has 0 saturated carbocycles. The van der Waals surface area contributed by atoms with Crippen molar-refractivity contribution in [2.75, 3.05) is 70.5 Å². The van der Waals surface area contributed by atoms with Crippen LogP contribution in [0.3, 0.4) is 0 Å². The van der Waals surface area contributed by atoms with Crippen LogP contribution in [0.5, 0.6) is 0 Å². The molecule has 1 aromatic rings. The molecule has 0 radical (unpaired) electrons. The first-order chi connectivity index (χ1) is 12.2. The molecule has 0 aromatic heterocycles. The summed E-state index contributed by atoms with van der Waals surface area (Å²) in [6.45, 7) is 8.22. The zero-order chi connectivity index (χ0) is 17.2. The molecule has 0 aliphatic carbocycles. The second-order valence-corrected chi connectivity index (χ2v) is 6.94. The predicted octanol–water partition coefficient (Wildman–Crippen LogP) is 1.08. The van der Waals surface area contributed by atoms with Gasteiger partial charge in [-0.3, -0.25) is 4.90 Å². The van der Waals surface area contributed by atoms with E-state index in [4.69, 9.17) is 4.74 Å². The number of amides is 2. The van der Waals surface area contributed by atoms with Gasteiger partial charge < -0.3 is 19.4 Å². The Morgan fingerprint density at radius 2 is 1.56 bits per heavy atom. The van der Waals surface area contributed by atoms with E-state index in [1.54, 1.807) is 0 Å². The number of halogens is 1. The summed E-state index contributed by atoms with van der Waals surface area (Å²) in [6, 6.07) is 7.35. The van der Waals surface area contributed by atoms with Crippen LogP contribution in [0.4, 0.5) is 14.9 Å². The lowest BCUT2D eigenvalue weighted by molar-refractivity contribution is 0.0129. The summed E-state index contributed by atoms with van der Waals surface area (Å²) in [5.74, 6) is -0.193. The average molecular weight is 348 g/mol. The number of hydrogen-bond acceptors (Lipinski definition) is 4. The minimum atomic E-state index is -0.193. The third-order valence-electron chi connectivity index (χ3n) is 5.44. The smallest absolute Gasteiger partial charge is 0.320 e. The Morgan fingerprint density at radius 1 is 0.920 bits per heavy atom. The highest BCUT2D eigenvalue weighted by atomic mass is 19.1. The fraction of sp³-hybridized carbons (Fsp3) is 0.611. The number of carbonyl (C=O) groups excluding carboxylic acids is 1. The second kappa shape index (κ2) is 7.17. The maximum atomic E-state index is 13.0. The molecule has 0 spiro atoms. The zero-order valence-corrected chi connectivity index (χ0v) is 14.4. The highest BCUT2D eigenvalue weighted by molar-refractivity contribution is 5.75. The summed E-state index contributed by atoms with van der Waals surface area (Å²) >= 11 is 0. The molecule has 2 amide bonds. The summed E-state index contributed by atoms with van der Waals surface area (Å²) in [5.41, 5.74) is 1.08. The molecule has 136 valence electrons. The predicted molar refractivity (Wildman–Crippen MR) is 93.3 cm³/mol. The Balaban J connectivity index is 1.23. The Labute approximate surface area is 147 Å². The Kier molecular flexibility index (Phi) is 4.76. The molecule has 6 nitrogen and oxygen atoms in total. The SMILES string of the molecule is O=C(N1CCOCC1)N1CC(N2CCN(c3ccc(F)cc3)CC2)C1. The monoisotopic (exact) mass is 348 g/mol. The van der Waals surface area contributed by atoms with E-state index in [1.165, 1.54) is 12.1 Å². The summed E-state index contributed by atoms with van der Waals surface area (Å²) in [7, 11) is 0. The molecule has 0 atom stereocenters. The van der Waals surface area contributed by atoms with Gasteiger partial charge in [-0.25, -0.2) is 9.18 Å². The van der Waals surface area contributed by atoms with Gasteiger partial charge in [-0.15, -0.1) is 0 Å². The highest BCUT2D eigenvalue weighted by Gasteiger charge is 2.38. The van der Waals surface area contributed by atoms with E-state index in [2.05, 4.69) is 9.80 Å². The number of ether oxygens (including phenoxy) is 1. The number of nitrogens with zero attached hydrogens (tertiary/aromatic N) is 4. The number of carbonyl (C=O) groups is 1. The number of anilines is 1. The second-order valence-electron chi connectivity index (χ2n) is 6.94. The van der Waals surface area contributed by atoms with Crippen molar-refractivity contribution in [3.05, 3.63) is 30.1 Å². The van der Waals surface area contributed by atoms with Crippen molar-refractivity contribution in [1.82, 2.24) is 14.7 Å². The van der Waals surface area contributed by atoms with Crippen molar-refractivity contribution in [1.29, 1.82) is 0 Å². The van der Waals surface area contributed by atoms with E-state index in [9.17, 15) is 9.18 Å². The Bertz CT molecular complexity index is 592.